The van der Waals surface area contributed by atoms with Crippen LogP contribution in [0, 0.1) is 0 Å². The third-order valence-electron chi connectivity index (χ3n) is 6.56. The lowest BCUT2D eigenvalue weighted by Gasteiger charge is -2.25. The Morgan fingerprint density at radius 3 is 0.882 bits per heavy atom. The van der Waals surface area contributed by atoms with Crippen LogP contribution < -0.4 is 10.6 Å². The first-order chi connectivity index (χ1) is 16.2. The predicted molar refractivity (Wildman–Crippen MR) is 131 cm³/mol. The van der Waals surface area contributed by atoms with Crippen LogP contribution in [0.2, 0.25) is 20.1 Å². The standard InChI is InChI=1S/C24H6Cl4N2O4/c25-9-1-5-6-2-10(26)17-20-14(6)8(4-12(28)18(20)24(34)30-23(17)33)7-3-11(27)16-19(13(5)7)15(9)21(31)29-22(16)32/h1-4H,(H,29,31,32)(H,30,33,34). The van der Waals surface area contributed by atoms with Crippen molar-refractivity contribution in [3.8, 4) is 0 Å². The second-order valence-corrected chi connectivity index (χ2v) is 9.82. The molecule has 0 unspecified atom stereocenters. The summed E-state index contributed by atoms with van der Waals surface area (Å²) in [6.07, 6.45) is 0. The van der Waals surface area contributed by atoms with Crippen molar-refractivity contribution >= 4 is 113 Å². The normalized spacial score (nSPS) is 15.2. The number of halogens is 4. The molecule has 5 aromatic carbocycles. The van der Waals surface area contributed by atoms with Crippen molar-refractivity contribution in [3.05, 3.63) is 66.6 Å². The molecule has 0 saturated heterocycles. The Balaban J connectivity index is 1.89. The average Bonchev–Trinajstić information content (AvgIpc) is 2.74. The van der Waals surface area contributed by atoms with Crippen molar-refractivity contribution in [2.75, 3.05) is 0 Å². The highest BCUT2D eigenvalue weighted by Crippen LogP contribution is 2.50. The van der Waals surface area contributed by atoms with E-state index in [0.29, 0.717) is 43.1 Å². The number of fused-ring (bicyclic) bond motifs is 2. The largest absolute Gasteiger partial charge is 0.288 e. The summed E-state index contributed by atoms with van der Waals surface area (Å²) in [7, 11) is 0. The van der Waals surface area contributed by atoms with E-state index >= 15 is 0 Å². The molecular formula is C24H6Cl4N2O4. The summed E-state index contributed by atoms with van der Waals surface area (Å²) in [4.78, 5) is 50.8. The first-order valence-electron chi connectivity index (χ1n) is 9.88. The Morgan fingerprint density at radius 2 is 0.647 bits per heavy atom. The molecule has 7 rings (SSSR count). The third-order valence-corrected chi connectivity index (χ3v) is 7.75. The molecule has 10 heteroatoms. The number of hydrogen-bond donors (Lipinski definition) is 2. The highest BCUT2D eigenvalue weighted by Gasteiger charge is 2.35. The zero-order valence-electron chi connectivity index (χ0n) is 16.5. The van der Waals surface area contributed by atoms with Crippen LogP contribution >= 0.6 is 46.4 Å². The number of hydrogen-bond acceptors (Lipinski definition) is 4. The molecule has 164 valence electrons. The van der Waals surface area contributed by atoms with Gasteiger partial charge in [-0.15, -0.1) is 0 Å². The van der Waals surface area contributed by atoms with Crippen LogP contribution in [0.3, 0.4) is 0 Å². The van der Waals surface area contributed by atoms with Crippen molar-refractivity contribution in [2.24, 2.45) is 0 Å². The molecule has 0 atom stereocenters. The molecule has 2 N–H and O–H groups in total. The molecule has 2 aliphatic heterocycles. The topological polar surface area (TPSA) is 92.3 Å². The fourth-order valence-electron chi connectivity index (χ4n) is 5.33. The maximum atomic E-state index is 12.7. The van der Waals surface area contributed by atoms with Gasteiger partial charge >= 0.3 is 0 Å². The molecule has 0 radical (unpaired) electrons. The van der Waals surface area contributed by atoms with Gasteiger partial charge in [0, 0.05) is 10.8 Å². The Labute approximate surface area is 209 Å². The Bertz CT molecular complexity index is 1660. The molecule has 6 nitrogen and oxygen atoms in total. The molecule has 0 aliphatic carbocycles. The van der Waals surface area contributed by atoms with Gasteiger partial charge in [0.15, 0.2) is 0 Å². The number of benzene rings is 5. The van der Waals surface area contributed by atoms with Crippen molar-refractivity contribution in [1.29, 1.82) is 0 Å². The fraction of sp³-hybridized carbons (Fsp3) is 0. The van der Waals surface area contributed by atoms with Crippen LogP contribution in [-0.2, 0) is 0 Å². The third kappa shape index (κ3) is 2.20. The summed E-state index contributed by atoms with van der Waals surface area (Å²) < 4.78 is 0. The molecule has 4 amide bonds. The summed E-state index contributed by atoms with van der Waals surface area (Å²) in [6.45, 7) is 0. The van der Waals surface area contributed by atoms with Crippen LogP contribution in [0.5, 0.6) is 0 Å². The van der Waals surface area contributed by atoms with Gasteiger partial charge in [-0.05, 0) is 56.6 Å². The number of amides is 4. The Kier molecular flexibility index (Phi) is 3.74. The van der Waals surface area contributed by atoms with E-state index in [0.717, 1.165) is 0 Å². The molecule has 0 saturated carbocycles. The van der Waals surface area contributed by atoms with Gasteiger partial charge in [-0.3, -0.25) is 29.8 Å². The zero-order chi connectivity index (χ0) is 23.8. The molecule has 34 heavy (non-hydrogen) atoms. The second-order valence-electron chi connectivity index (χ2n) is 8.19. The quantitative estimate of drug-likeness (QED) is 0.144. The maximum Gasteiger partial charge on any atom is 0.260 e. The van der Waals surface area contributed by atoms with E-state index in [2.05, 4.69) is 10.6 Å². The van der Waals surface area contributed by atoms with Gasteiger partial charge in [0.05, 0.1) is 42.3 Å². The van der Waals surface area contributed by atoms with Crippen LogP contribution in [0.1, 0.15) is 41.4 Å². The fourth-order valence-corrected chi connectivity index (χ4v) is 6.49. The van der Waals surface area contributed by atoms with E-state index in [4.69, 9.17) is 46.4 Å². The summed E-state index contributed by atoms with van der Waals surface area (Å²) in [5.41, 5.74) is 0.554. The van der Waals surface area contributed by atoms with E-state index in [1.165, 1.54) is 0 Å². The van der Waals surface area contributed by atoms with Crippen LogP contribution in [-0.4, -0.2) is 23.6 Å². The van der Waals surface area contributed by atoms with Crippen molar-refractivity contribution < 1.29 is 19.2 Å². The van der Waals surface area contributed by atoms with Gasteiger partial charge in [0.2, 0.25) is 0 Å². The minimum atomic E-state index is -0.628. The smallest absolute Gasteiger partial charge is 0.260 e. The van der Waals surface area contributed by atoms with Crippen molar-refractivity contribution in [1.82, 2.24) is 10.6 Å². The molecule has 0 fully saturated rings. The first kappa shape index (κ1) is 20.2. The summed E-state index contributed by atoms with van der Waals surface area (Å²) in [5, 5.41) is 9.22. The lowest BCUT2D eigenvalue weighted by Crippen LogP contribution is -2.35. The van der Waals surface area contributed by atoms with E-state index in [9.17, 15) is 19.2 Å². The van der Waals surface area contributed by atoms with E-state index in [1.807, 2.05) is 0 Å². The van der Waals surface area contributed by atoms with Gasteiger partial charge in [0.25, 0.3) is 23.6 Å². The van der Waals surface area contributed by atoms with E-state index in [1.54, 1.807) is 24.3 Å². The van der Waals surface area contributed by atoms with Gasteiger partial charge in [-0.25, -0.2) is 0 Å². The number of carbonyl (C=O) groups excluding carboxylic acids is 4. The van der Waals surface area contributed by atoms with Gasteiger partial charge in [-0.1, -0.05) is 46.4 Å². The van der Waals surface area contributed by atoms with Crippen LogP contribution in [0.15, 0.2) is 24.3 Å². The molecule has 2 aliphatic rings. The molecule has 5 aromatic rings. The molecule has 2 heterocycles. The zero-order valence-corrected chi connectivity index (χ0v) is 19.5. The molecule has 0 bridgehead atoms. The summed E-state index contributed by atoms with van der Waals surface area (Å²) in [5.74, 6) is -2.51. The minimum absolute atomic E-state index is 0.119. The SMILES string of the molecule is O=C1NC(=O)c2c(Cl)cc3c4cc(Cl)c5c6c(c(Cl)cc(c7cc(Cl)c1c2c73)c64)C(=O)NC5=O. The van der Waals surface area contributed by atoms with Crippen molar-refractivity contribution in [2.45, 2.75) is 0 Å². The lowest BCUT2D eigenvalue weighted by molar-refractivity contribution is 0.0828. The van der Waals surface area contributed by atoms with Gasteiger partial charge < -0.3 is 0 Å². The first-order valence-corrected chi connectivity index (χ1v) is 11.4. The molecule has 0 aromatic heterocycles. The van der Waals surface area contributed by atoms with E-state index in [-0.39, 0.29) is 42.3 Å². The number of nitrogens with one attached hydrogen (secondary N) is 2. The molecule has 0 spiro atoms. The van der Waals surface area contributed by atoms with Crippen LogP contribution in [0.4, 0.5) is 0 Å². The monoisotopic (exact) mass is 526 g/mol. The number of rotatable bonds is 0. The highest BCUT2D eigenvalue weighted by molar-refractivity contribution is 6.51. The molecular weight excluding hydrogens is 522 g/mol. The minimum Gasteiger partial charge on any atom is -0.288 e. The Morgan fingerprint density at radius 1 is 0.412 bits per heavy atom. The van der Waals surface area contributed by atoms with Crippen molar-refractivity contribution in [3.63, 3.8) is 0 Å². The second kappa shape index (κ2) is 6.29. The lowest BCUT2D eigenvalue weighted by atomic mass is 9.82. The van der Waals surface area contributed by atoms with E-state index < -0.39 is 23.6 Å². The predicted octanol–water partition coefficient (Wildman–Crippen LogP) is 6.12. The average molecular weight is 528 g/mol. The van der Waals surface area contributed by atoms with Gasteiger partial charge in [0.1, 0.15) is 0 Å². The highest BCUT2D eigenvalue weighted by atomic mass is 35.5. The summed E-state index contributed by atoms with van der Waals surface area (Å²) >= 11 is 26.2. The number of imide groups is 2. The number of carbonyl (C=O) groups is 4. The maximum absolute atomic E-state index is 12.7. The van der Waals surface area contributed by atoms with Crippen LogP contribution in [0.25, 0.3) is 43.1 Å². The summed E-state index contributed by atoms with van der Waals surface area (Å²) in [6, 6.07) is 6.47. The Hall–Kier alpha value is -3.16. The van der Waals surface area contributed by atoms with Gasteiger partial charge in [-0.2, -0.15) is 0 Å².